The van der Waals surface area contributed by atoms with E-state index in [2.05, 4.69) is 5.32 Å². The van der Waals surface area contributed by atoms with E-state index in [1.54, 1.807) is 51.1 Å². The third-order valence-electron chi connectivity index (χ3n) is 3.47. The molecule has 0 aliphatic rings. The predicted octanol–water partition coefficient (Wildman–Crippen LogP) is 4.14. The monoisotopic (exact) mass is 347 g/mol. The van der Waals surface area contributed by atoms with E-state index < -0.39 is 11.6 Å². The molecule has 0 atom stereocenters. The molecule has 0 saturated heterocycles. The first kappa shape index (κ1) is 17.8. The van der Waals surface area contributed by atoms with Crippen LogP contribution in [-0.4, -0.2) is 22.6 Å². The Morgan fingerprint density at radius 3 is 2.33 bits per heavy atom. The third-order valence-corrected chi connectivity index (χ3v) is 3.72. The molecule has 0 heterocycles. The molecule has 2 aromatic carbocycles. The second-order valence-electron chi connectivity index (χ2n) is 5.86. The van der Waals surface area contributed by atoms with Gasteiger partial charge < -0.3 is 15.2 Å². The number of carbonyl (C=O) groups is 2. The lowest BCUT2D eigenvalue weighted by Gasteiger charge is -2.25. The highest BCUT2D eigenvalue weighted by atomic mass is 35.5. The number of hydrogen-bond donors (Lipinski definition) is 2. The maximum Gasteiger partial charge on any atom is 0.335 e. The lowest BCUT2D eigenvalue weighted by molar-refractivity contribution is -0.128. The van der Waals surface area contributed by atoms with Crippen molar-refractivity contribution in [1.82, 2.24) is 0 Å². The molecule has 0 bridgehead atoms. The molecular weight excluding hydrogens is 330 g/mol. The molecular formula is C18H18ClNO4. The Morgan fingerprint density at radius 1 is 1.12 bits per heavy atom. The van der Waals surface area contributed by atoms with E-state index in [9.17, 15) is 9.59 Å². The van der Waals surface area contributed by atoms with Crippen LogP contribution in [0.15, 0.2) is 42.5 Å². The van der Waals surface area contributed by atoms with Crippen LogP contribution >= 0.6 is 11.6 Å². The van der Waals surface area contributed by atoms with Crippen LogP contribution in [0.5, 0.6) is 5.75 Å². The van der Waals surface area contributed by atoms with Crippen LogP contribution in [0.4, 0.5) is 5.69 Å². The van der Waals surface area contributed by atoms with Gasteiger partial charge in [-0.05, 0) is 62.7 Å². The second-order valence-corrected chi connectivity index (χ2v) is 6.29. The van der Waals surface area contributed by atoms with E-state index in [1.165, 1.54) is 12.1 Å². The Labute approximate surface area is 145 Å². The number of carbonyl (C=O) groups excluding carboxylic acids is 1. The Bertz CT molecular complexity index is 769. The summed E-state index contributed by atoms with van der Waals surface area (Å²) in [7, 11) is 0. The summed E-state index contributed by atoms with van der Waals surface area (Å²) in [5.74, 6) is -0.930. The van der Waals surface area contributed by atoms with Gasteiger partial charge in [-0.1, -0.05) is 17.7 Å². The molecule has 0 spiro atoms. The van der Waals surface area contributed by atoms with Gasteiger partial charge >= 0.3 is 5.97 Å². The van der Waals surface area contributed by atoms with Crippen molar-refractivity contribution in [2.24, 2.45) is 0 Å². The SMILES string of the molecule is Cc1ccc(C(=O)O)cc1NC(=O)C(C)(C)Oc1ccc(Cl)cc1. The van der Waals surface area contributed by atoms with Crippen LogP contribution in [0.25, 0.3) is 0 Å². The number of aromatic carboxylic acids is 1. The lowest BCUT2D eigenvalue weighted by atomic mass is 10.1. The molecule has 24 heavy (non-hydrogen) atoms. The molecule has 1 amide bonds. The molecule has 2 N–H and O–H groups in total. The lowest BCUT2D eigenvalue weighted by Crippen LogP contribution is -2.42. The van der Waals surface area contributed by atoms with Crippen molar-refractivity contribution in [3.8, 4) is 5.75 Å². The van der Waals surface area contributed by atoms with Crippen molar-refractivity contribution in [1.29, 1.82) is 0 Å². The van der Waals surface area contributed by atoms with Crippen molar-refractivity contribution in [2.75, 3.05) is 5.32 Å². The van der Waals surface area contributed by atoms with Crippen molar-refractivity contribution in [2.45, 2.75) is 26.4 Å². The van der Waals surface area contributed by atoms with Gasteiger partial charge in [-0.15, -0.1) is 0 Å². The first-order chi connectivity index (χ1) is 11.2. The molecule has 0 unspecified atom stereocenters. The summed E-state index contributed by atoms with van der Waals surface area (Å²) in [6.07, 6.45) is 0. The van der Waals surface area contributed by atoms with Crippen LogP contribution in [0, 0.1) is 6.92 Å². The zero-order chi connectivity index (χ0) is 17.9. The maximum absolute atomic E-state index is 12.5. The van der Waals surface area contributed by atoms with E-state index in [1.807, 2.05) is 0 Å². The number of amides is 1. The molecule has 2 rings (SSSR count). The second kappa shape index (κ2) is 6.93. The number of aryl methyl sites for hydroxylation is 1. The summed E-state index contributed by atoms with van der Waals surface area (Å²) in [6, 6.07) is 11.3. The van der Waals surface area contributed by atoms with Gasteiger partial charge in [0.25, 0.3) is 5.91 Å². The van der Waals surface area contributed by atoms with Crippen LogP contribution in [0.3, 0.4) is 0 Å². The zero-order valence-corrected chi connectivity index (χ0v) is 14.3. The number of anilines is 1. The number of carboxylic acid groups (broad SMARTS) is 1. The van der Waals surface area contributed by atoms with E-state index in [0.717, 1.165) is 5.56 Å². The number of hydrogen-bond acceptors (Lipinski definition) is 3. The molecule has 0 aliphatic carbocycles. The van der Waals surface area contributed by atoms with Gasteiger partial charge in [0.1, 0.15) is 5.75 Å². The van der Waals surface area contributed by atoms with Gasteiger partial charge in [0.05, 0.1) is 5.56 Å². The highest BCUT2D eigenvalue weighted by molar-refractivity contribution is 6.30. The topological polar surface area (TPSA) is 75.6 Å². The molecule has 5 nitrogen and oxygen atoms in total. The summed E-state index contributed by atoms with van der Waals surface area (Å²) in [5.41, 5.74) is 0.148. The third kappa shape index (κ3) is 4.26. The first-order valence-electron chi connectivity index (χ1n) is 7.29. The minimum absolute atomic E-state index is 0.104. The van der Waals surface area contributed by atoms with Crippen LogP contribution in [0.1, 0.15) is 29.8 Å². The first-order valence-corrected chi connectivity index (χ1v) is 7.67. The fraction of sp³-hybridized carbons (Fsp3) is 0.222. The number of benzene rings is 2. The Morgan fingerprint density at radius 2 is 1.75 bits per heavy atom. The summed E-state index contributed by atoms with van der Waals surface area (Å²) >= 11 is 5.83. The average Bonchev–Trinajstić information content (AvgIpc) is 2.51. The minimum Gasteiger partial charge on any atom is -0.478 e. The van der Waals surface area contributed by atoms with Crippen LogP contribution < -0.4 is 10.1 Å². The van der Waals surface area contributed by atoms with Gasteiger partial charge in [0.2, 0.25) is 0 Å². The van der Waals surface area contributed by atoms with Crippen LogP contribution in [-0.2, 0) is 4.79 Å². The van der Waals surface area contributed by atoms with E-state index >= 15 is 0 Å². The standard InChI is InChI=1S/C18H18ClNO4/c1-11-4-5-12(16(21)22)10-15(11)20-17(23)18(2,3)24-14-8-6-13(19)7-9-14/h4-10H,1-3H3,(H,20,23)(H,21,22). The smallest absolute Gasteiger partial charge is 0.335 e. The Kier molecular flexibility index (Phi) is 5.14. The zero-order valence-electron chi connectivity index (χ0n) is 13.6. The normalized spacial score (nSPS) is 11.0. The highest BCUT2D eigenvalue weighted by Crippen LogP contribution is 2.23. The molecule has 0 aromatic heterocycles. The van der Waals surface area contributed by atoms with E-state index in [-0.39, 0.29) is 11.5 Å². The van der Waals surface area contributed by atoms with E-state index in [4.69, 9.17) is 21.4 Å². The van der Waals surface area contributed by atoms with Gasteiger partial charge in [-0.25, -0.2) is 4.79 Å². The summed E-state index contributed by atoms with van der Waals surface area (Å²) in [4.78, 5) is 23.6. The Hall–Kier alpha value is -2.53. The van der Waals surface area contributed by atoms with Crippen molar-refractivity contribution in [3.05, 3.63) is 58.6 Å². The largest absolute Gasteiger partial charge is 0.478 e. The number of rotatable bonds is 5. The maximum atomic E-state index is 12.5. The highest BCUT2D eigenvalue weighted by Gasteiger charge is 2.30. The molecule has 126 valence electrons. The fourth-order valence-corrected chi connectivity index (χ4v) is 2.13. The fourth-order valence-electron chi connectivity index (χ4n) is 2.01. The van der Waals surface area contributed by atoms with Crippen molar-refractivity contribution in [3.63, 3.8) is 0 Å². The van der Waals surface area contributed by atoms with Crippen molar-refractivity contribution >= 4 is 29.2 Å². The molecule has 6 heteroatoms. The molecule has 0 radical (unpaired) electrons. The Balaban J connectivity index is 2.17. The van der Waals surface area contributed by atoms with E-state index in [0.29, 0.717) is 16.5 Å². The quantitative estimate of drug-likeness (QED) is 0.852. The molecule has 0 aliphatic heterocycles. The average molecular weight is 348 g/mol. The number of halogens is 1. The van der Waals surface area contributed by atoms with Gasteiger partial charge in [0.15, 0.2) is 5.60 Å². The minimum atomic E-state index is -1.15. The van der Waals surface area contributed by atoms with Gasteiger partial charge in [-0.3, -0.25) is 4.79 Å². The van der Waals surface area contributed by atoms with Crippen molar-refractivity contribution < 1.29 is 19.4 Å². The summed E-state index contributed by atoms with van der Waals surface area (Å²) < 4.78 is 5.72. The molecule has 0 saturated carbocycles. The molecule has 0 fully saturated rings. The summed E-state index contributed by atoms with van der Waals surface area (Å²) in [5, 5.41) is 12.4. The number of carboxylic acids is 1. The predicted molar refractivity (Wildman–Crippen MR) is 92.9 cm³/mol. The number of ether oxygens (including phenoxy) is 1. The number of nitrogens with one attached hydrogen (secondary N) is 1. The summed E-state index contributed by atoms with van der Waals surface area (Å²) in [6.45, 7) is 5.05. The van der Waals surface area contributed by atoms with Crippen LogP contribution in [0.2, 0.25) is 5.02 Å². The van der Waals surface area contributed by atoms with Gasteiger partial charge in [0, 0.05) is 10.7 Å². The molecule has 2 aromatic rings. The van der Waals surface area contributed by atoms with Gasteiger partial charge in [-0.2, -0.15) is 0 Å².